The van der Waals surface area contributed by atoms with Gasteiger partial charge >= 0.3 is 58.4 Å². The van der Waals surface area contributed by atoms with Crippen LogP contribution in [0.2, 0.25) is 6.32 Å². The van der Waals surface area contributed by atoms with E-state index in [2.05, 4.69) is 0 Å². The van der Waals surface area contributed by atoms with Crippen LogP contribution in [0.3, 0.4) is 0 Å². The largest absolute Gasteiger partial charge is 1.00 e. The quantitative estimate of drug-likeness (QED) is 0.606. The molecule has 0 spiro atoms. The Morgan fingerprint density at radius 3 is 2.50 bits per heavy atom. The number of hydrogen-bond donors (Lipinski definition) is 0. The van der Waals surface area contributed by atoms with Crippen LogP contribution >= 0.6 is 0 Å². The molecule has 0 aromatic heterocycles. The molecule has 7 heteroatoms. The topological polar surface area (TPSA) is 18.5 Å². The van der Waals surface area contributed by atoms with Crippen molar-refractivity contribution in [3.63, 3.8) is 0 Å². The standard InChI is InChI=1S/C7H13BF3O2.K/c9-8(10,11)4-6-13-7-3-1-2-5-12-7;/h7H,1-6H2;/q-1;+1. The van der Waals surface area contributed by atoms with Crippen molar-refractivity contribution < 1.29 is 73.8 Å². The Kier molecular flexibility index (Phi) is 8.42. The smallest absolute Gasteiger partial charge is 0.449 e. The minimum atomic E-state index is -4.71. The van der Waals surface area contributed by atoms with E-state index >= 15 is 0 Å². The van der Waals surface area contributed by atoms with Gasteiger partial charge in [0.1, 0.15) is 0 Å². The van der Waals surface area contributed by atoms with Crippen molar-refractivity contribution in [3.8, 4) is 0 Å². The molecular weight excluding hydrogens is 223 g/mol. The maximum atomic E-state index is 11.8. The average molecular weight is 236 g/mol. The van der Waals surface area contributed by atoms with Gasteiger partial charge in [0.15, 0.2) is 6.29 Å². The summed E-state index contributed by atoms with van der Waals surface area (Å²) >= 11 is 0. The van der Waals surface area contributed by atoms with Crippen molar-refractivity contribution in [2.24, 2.45) is 0 Å². The molecule has 1 heterocycles. The zero-order valence-corrected chi connectivity index (χ0v) is 11.5. The minimum absolute atomic E-state index is 0. The van der Waals surface area contributed by atoms with Crippen LogP contribution in [-0.4, -0.2) is 26.5 Å². The summed E-state index contributed by atoms with van der Waals surface area (Å²) in [6, 6.07) is 0. The molecule has 0 aliphatic carbocycles. The first-order valence-corrected chi connectivity index (χ1v) is 4.52. The zero-order valence-electron chi connectivity index (χ0n) is 8.35. The van der Waals surface area contributed by atoms with Gasteiger partial charge in [-0.1, -0.05) is 6.32 Å². The second kappa shape index (κ2) is 7.65. The van der Waals surface area contributed by atoms with Gasteiger partial charge in [-0.25, -0.2) is 0 Å². The molecule has 14 heavy (non-hydrogen) atoms. The van der Waals surface area contributed by atoms with Gasteiger partial charge in [0.05, 0.1) is 0 Å². The van der Waals surface area contributed by atoms with E-state index in [1.54, 1.807) is 0 Å². The summed E-state index contributed by atoms with van der Waals surface area (Å²) in [6.45, 7) is -4.38. The Morgan fingerprint density at radius 1 is 1.29 bits per heavy atom. The summed E-state index contributed by atoms with van der Waals surface area (Å²) in [6.07, 6.45) is 1.42. The van der Waals surface area contributed by atoms with Gasteiger partial charge in [-0.3, -0.25) is 0 Å². The maximum Gasteiger partial charge on any atom is 1.00 e. The van der Waals surface area contributed by atoms with Crippen LogP contribution in [0.25, 0.3) is 0 Å². The van der Waals surface area contributed by atoms with E-state index < -0.39 is 19.6 Å². The van der Waals surface area contributed by atoms with Gasteiger partial charge in [0.2, 0.25) is 0 Å². The van der Waals surface area contributed by atoms with Crippen LogP contribution in [0.1, 0.15) is 19.3 Å². The normalized spacial score (nSPS) is 22.9. The Hall–Kier alpha value is 1.41. The van der Waals surface area contributed by atoms with Crippen molar-refractivity contribution in [1.82, 2.24) is 0 Å². The molecule has 1 rings (SSSR count). The van der Waals surface area contributed by atoms with Crippen molar-refractivity contribution in [3.05, 3.63) is 0 Å². The van der Waals surface area contributed by atoms with Gasteiger partial charge < -0.3 is 22.4 Å². The Balaban J connectivity index is 0.00000169. The van der Waals surface area contributed by atoms with E-state index in [0.29, 0.717) is 13.0 Å². The van der Waals surface area contributed by atoms with E-state index in [0.717, 1.165) is 12.8 Å². The Morgan fingerprint density at radius 2 is 2.00 bits per heavy atom. The molecule has 0 aromatic rings. The summed E-state index contributed by atoms with van der Waals surface area (Å²) < 4.78 is 45.3. The molecule has 1 aliphatic heterocycles. The van der Waals surface area contributed by atoms with E-state index in [-0.39, 0.29) is 58.0 Å². The van der Waals surface area contributed by atoms with Crippen LogP contribution in [-0.2, 0) is 9.47 Å². The predicted molar refractivity (Wildman–Crippen MR) is 43.4 cm³/mol. The Bertz CT molecular complexity index is 150. The van der Waals surface area contributed by atoms with Crippen LogP contribution in [0.15, 0.2) is 0 Å². The second-order valence-electron chi connectivity index (χ2n) is 3.17. The van der Waals surface area contributed by atoms with E-state index in [1.165, 1.54) is 0 Å². The number of halogens is 3. The molecule has 0 bridgehead atoms. The van der Waals surface area contributed by atoms with Crippen LogP contribution < -0.4 is 51.4 Å². The molecule has 0 saturated carbocycles. The molecule has 78 valence electrons. The van der Waals surface area contributed by atoms with Crippen LogP contribution in [0, 0.1) is 0 Å². The third-order valence-electron chi connectivity index (χ3n) is 1.89. The zero-order chi connectivity index (χ0) is 9.73. The summed E-state index contributed by atoms with van der Waals surface area (Å²) in [5.41, 5.74) is 0. The first-order chi connectivity index (χ1) is 6.08. The summed E-state index contributed by atoms with van der Waals surface area (Å²) in [7, 11) is 0. The van der Waals surface area contributed by atoms with Crippen molar-refractivity contribution in [2.45, 2.75) is 31.9 Å². The van der Waals surface area contributed by atoms with E-state index in [4.69, 9.17) is 9.47 Å². The SMILES string of the molecule is F[B-](F)(F)CCOC1CCCCO1.[K+]. The van der Waals surface area contributed by atoms with E-state index in [1.807, 2.05) is 0 Å². The number of ether oxygens (including phenoxy) is 2. The number of rotatable bonds is 4. The molecule has 1 unspecified atom stereocenters. The summed E-state index contributed by atoms with van der Waals surface area (Å²) in [5, 5.41) is 0. The fourth-order valence-corrected chi connectivity index (χ4v) is 1.18. The second-order valence-corrected chi connectivity index (χ2v) is 3.17. The van der Waals surface area contributed by atoms with Crippen LogP contribution in [0.5, 0.6) is 0 Å². The van der Waals surface area contributed by atoms with Gasteiger partial charge in [-0.05, 0) is 19.3 Å². The molecule has 0 aromatic carbocycles. The molecule has 1 aliphatic rings. The third-order valence-corrected chi connectivity index (χ3v) is 1.89. The van der Waals surface area contributed by atoms with Gasteiger partial charge in [0.25, 0.3) is 0 Å². The molecule has 1 saturated heterocycles. The van der Waals surface area contributed by atoms with Crippen molar-refractivity contribution in [2.75, 3.05) is 13.2 Å². The monoisotopic (exact) mass is 236 g/mol. The Labute approximate surface area is 124 Å². The fraction of sp³-hybridized carbons (Fsp3) is 1.00. The third kappa shape index (κ3) is 7.67. The van der Waals surface area contributed by atoms with Crippen molar-refractivity contribution >= 4 is 6.98 Å². The fourth-order valence-electron chi connectivity index (χ4n) is 1.18. The predicted octanol–water partition coefficient (Wildman–Crippen LogP) is -0.619. The first kappa shape index (κ1) is 15.4. The molecular formula is C7H13BF3KO2. The van der Waals surface area contributed by atoms with Gasteiger partial charge in [0, 0.05) is 13.2 Å². The molecule has 0 amide bonds. The molecule has 2 nitrogen and oxygen atoms in total. The molecule has 1 fully saturated rings. The van der Waals surface area contributed by atoms with Crippen molar-refractivity contribution in [1.29, 1.82) is 0 Å². The number of hydrogen-bond acceptors (Lipinski definition) is 2. The molecule has 0 N–H and O–H groups in total. The summed E-state index contributed by atoms with van der Waals surface area (Å²) in [4.78, 5) is 0. The minimum Gasteiger partial charge on any atom is -0.449 e. The van der Waals surface area contributed by atoms with Gasteiger partial charge in [-0.2, -0.15) is 0 Å². The maximum absolute atomic E-state index is 11.8. The van der Waals surface area contributed by atoms with Gasteiger partial charge in [-0.15, -0.1) is 0 Å². The van der Waals surface area contributed by atoms with Crippen LogP contribution in [0.4, 0.5) is 12.9 Å². The molecule has 1 atom stereocenters. The molecule has 0 radical (unpaired) electrons. The first-order valence-electron chi connectivity index (χ1n) is 4.52. The summed E-state index contributed by atoms with van der Waals surface area (Å²) in [5.74, 6) is 0. The average Bonchev–Trinajstić information content (AvgIpc) is 2.04. The van der Waals surface area contributed by atoms with E-state index in [9.17, 15) is 12.9 Å².